The van der Waals surface area contributed by atoms with Gasteiger partial charge in [-0.1, -0.05) is 4.98 Å². The molecule has 2 N–H and O–H groups in total. The highest BCUT2D eigenvalue weighted by atomic mass is 16.6. The van der Waals surface area contributed by atoms with Gasteiger partial charge in [0, 0.05) is 0 Å². The van der Waals surface area contributed by atoms with Crippen molar-refractivity contribution in [2.45, 2.75) is 25.5 Å². The molecular formula is C8H13N3O4. The largest absolute Gasteiger partial charge is 0.434 e. The second kappa shape index (κ2) is 5.42. The van der Waals surface area contributed by atoms with E-state index in [9.17, 15) is 10.1 Å². The Kier molecular flexibility index (Phi) is 4.19. The molecule has 1 heterocycles. The van der Waals surface area contributed by atoms with E-state index in [1.165, 1.54) is 17.0 Å². The molecule has 0 fully saturated rings. The van der Waals surface area contributed by atoms with E-state index in [2.05, 4.69) is 4.98 Å². The highest BCUT2D eigenvalue weighted by Gasteiger charge is 2.13. The molecular weight excluding hydrogens is 202 g/mol. The van der Waals surface area contributed by atoms with Gasteiger partial charge in [0.2, 0.25) is 0 Å². The van der Waals surface area contributed by atoms with Crippen molar-refractivity contribution in [2.75, 3.05) is 6.61 Å². The molecule has 1 unspecified atom stereocenters. The Morgan fingerprint density at radius 1 is 1.67 bits per heavy atom. The van der Waals surface area contributed by atoms with Gasteiger partial charge in [-0.2, -0.15) is 0 Å². The SMILES string of the molecule is O=[N+]([O-])c1nccn1CCCC(O)CO. The van der Waals surface area contributed by atoms with Crippen molar-refractivity contribution in [3.05, 3.63) is 22.5 Å². The standard InChI is InChI=1S/C8H13N3O4/c12-6-7(13)2-1-4-10-5-3-9-8(10)11(14)15/h3,5,7,12-13H,1-2,4,6H2. The van der Waals surface area contributed by atoms with Gasteiger partial charge < -0.3 is 20.3 Å². The first kappa shape index (κ1) is 11.6. The van der Waals surface area contributed by atoms with Crippen molar-refractivity contribution in [3.63, 3.8) is 0 Å². The van der Waals surface area contributed by atoms with Crippen LogP contribution in [-0.2, 0) is 6.54 Å². The molecule has 7 heteroatoms. The van der Waals surface area contributed by atoms with E-state index in [4.69, 9.17) is 10.2 Å². The highest BCUT2D eigenvalue weighted by Crippen LogP contribution is 2.09. The zero-order chi connectivity index (χ0) is 11.3. The molecule has 0 amide bonds. The van der Waals surface area contributed by atoms with E-state index in [0.717, 1.165) is 0 Å². The van der Waals surface area contributed by atoms with Crippen molar-refractivity contribution in [2.24, 2.45) is 0 Å². The van der Waals surface area contributed by atoms with Gasteiger partial charge in [-0.3, -0.25) is 0 Å². The van der Waals surface area contributed by atoms with Crippen molar-refractivity contribution < 1.29 is 15.1 Å². The molecule has 1 rings (SSSR count). The Labute approximate surface area is 86.1 Å². The molecule has 0 saturated heterocycles. The number of hydrogen-bond donors (Lipinski definition) is 2. The summed E-state index contributed by atoms with van der Waals surface area (Å²) in [4.78, 5) is 13.5. The quantitative estimate of drug-likeness (QED) is 0.510. The van der Waals surface area contributed by atoms with Crippen LogP contribution in [0.4, 0.5) is 5.95 Å². The lowest BCUT2D eigenvalue weighted by Gasteiger charge is -2.05. The molecule has 0 bridgehead atoms. The van der Waals surface area contributed by atoms with Crippen LogP contribution in [0, 0.1) is 10.1 Å². The number of nitrogens with zero attached hydrogens (tertiary/aromatic N) is 3. The average molecular weight is 215 g/mol. The zero-order valence-corrected chi connectivity index (χ0v) is 8.11. The summed E-state index contributed by atoms with van der Waals surface area (Å²) in [6, 6.07) is 0. The average Bonchev–Trinajstić information content (AvgIpc) is 2.65. The number of aliphatic hydroxyl groups excluding tert-OH is 2. The topological polar surface area (TPSA) is 101 Å². The van der Waals surface area contributed by atoms with Gasteiger partial charge in [0.25, 0.3) is 0 Å². The summed E-state index contributed by atoms with van der Waals surface area (Å²) in [6.07, 6.45) is 3.09. The summed E-state index contributed by atoms with van der Waals surface area (Å²) < 4.78 is 1.41. The van der Waals surface area contributed by atoms with Crippen molar-refractivity contribution in [1.82, 2.24) is 9.55 Å². The van der Waals surface area contributed by atoms with E-state index in [1.807, 2.05) is 0 Å². The zero-order valence-electron chi connectivity index (χ0n) is 8.11. The molecule has 0 spiro atoms. The Balaban J connectivity index is 2.44. The Morgan fingerprint density at radius 3 is 3.00 bits per heavy atom. The fraction of sp³-hybridized carbons (Fsp3) is 0.625. The number of aromatic nitrogens is 2. The third-order valence-electron chi connectivity index (χ3n) is 2.00. The fourth-order valence-corrected chi connectivity index (χ4v) is 1.24. The van der Waals surface area contributed by atoms with Crippen molar-refractivity contribution in [1.29, 1.82) is 0 Å². The molecule has 0 aliphatic rings. The van der Waals surface area contributed by atoms with Crippen LogP contribution in [0.5, 0.6) is 0 Å². The fourth-order valence-electron chi connectivity index (χ4n) is 1.24. The first-order valence-corrected chi connectivity index (χ1v) is 4.59. The monoisotopic (exact) mass is 215 g/mol. The summed E-state index contributed by atoms with van der Waals surface area (Å²) in [5, 5.41) is 28.1. The van der Waals surface area contributed by atoms with Gasteiger partial charge in [0.15, 0.2) is 0 Å². The predicted molar refractivity (Wildman–Crippen MR) is 51.2 cm³/mol. The lowest BCUT2D eigenvalue weighted by Crippen LogP contribution is -2.13. The molecule has 7 nitrogen and oxygen atoms in total. The minimum absolute atomic E-state index is 0.200. The summed E-state index contributed by atoms with van der Waals surface area (Å²) in [5.41, 5.74) is 0. The second-order valence-corrected chi connectivity index (χ2v) is 3.16. The number of imidazole rings is 1. The first-order chi connectivity index (χ1) is 7.15. The number of aliphatic hydroxyl groups is 2. The molecule has 15 heavy (non-hydrogen) atoms. The third kappa shape index (κ3) is 3.30. The van der Waals surface area contributed by atoms with Crippen LogP contribution in [-0.4, -0.2) is 37.4 Å². The highest BCUT2D eigenvalue weighted by molar-refractivity contribution is 5.06. The van der Waals surface area contributed by atoms with Gasteiger partial charge in [0.1, 0.15) is 12.4 Å². The molecule has 0 aliphatic carbocycles. The summed E-state index contributed by atoms with van der Waals surface area (Å²) in [7, 11) is 0. The molecule has 0 radical (unpaired) electrons. The minimum Gasteiger partial charge on any atom is -0.394 e. The minimum atomic E-state index is -0.757. The van der Waals surface area contributed by atoms with E-state index in [0.29, 0.717) is 19.4 Å². The molecule has 1 aromatic rings. The summed E-state index contributed by atoms with van der Waals surface area (Å²) >= 11 is 0. The summed E-state index contributed by atoms with van der Waals surface area (Å²) in [5.74, 6) is -0.200. The summed E-state index contributed by atoms with van der Waals surface area (Å²) in [6.45, 7) is 0.124. The second-order valence-electron chi connectivity index (χ2n) is 3.16. The van der Waals surface area contributed by atoms with Crippen LogP contribution in [0.15, 0.2) is 12.4 Å². The maximum atomic E-state index is 10.5. The molecule has 0 aliphatic heterocycles. The van der Waals surface area contributed by atoms with E-state index in [-0.39, 0.29) is 12.6 Å². The number of hydrogen-bond acceptors (Lipinski definition) is 5. The molecule has 1 aromatic heterocycles. The van der Waals surface area contributed by atoms with Crippen LogP contribution in [0.25, 0.3) is 0 Å². The van der Waals surface area contributed by atoms with Crippen molar-refractivity contribution in [3.8, 4) is 0 Å². The molecule has 84 valence electrons. The third-order valence-corrected chi connectivity index (χ3v) is 2.00. The Morgan fingerprint density at radius 2 is 2.40 bits per heavy atom. The van der Waals surface area contributed by atoms with E-state index in [1.54, 1.807) is 0 Å². The smallest absolute Gasteiger partial charge is 0.394 e. The molecule has 0 saturated carbocycles. The van der Waals surface area contributed by atoms with Crippen molar-refractivity contribution >= 4 is 5.95 Å². The van der Waals surface area contributed by atoms with Gasteiger partial charge in [-0.25, -0.2) is 4.57 Å². The van der Waals surface area contributed by atoms with E-state index < -0.39 is 11.0 Å². The van der Waals surface area contributed by atoms with Crippen LogP contribution >= 0.6 is 0 Å². The van der Waals surface area contributed by atoms with Gasteiger partial charge >= 0.3 is 5.95 Å². The predicted octanol–water partition coefficient (Wildman–Crippen LogP) is -0.0753. The molecule has 0 aromatic carbocycles. The number of rotatable bonds is 6. The first-order valence-electron chi connectivity index (χ1n) is 4.59. The van der Waals surface area contributed by atoms with Crippen LogP contribution in [0.2, 0.25) is 0 Å². The van der Waals surface area contributed by atoms with Gasteiger partial charge in [-0.15, -0.1) is 0 Å². The van der Waals surface area contributed by atoms with Crippen LogP contribution < -0.4 is 0 Å². The van der Waals surface area contributed by atoms with Gasteiger partial charge in [0.05, 0.1) is 19.3 Å². The van der Waals surface area contributed by atoms with E-state index >= 15 is 0 Å². The number of aryl methyl sites for hydroxylation is 1. The Bertz CT molecular complexity index is 325. The normalized spacial score (nSPS) is 12.7. The van der Waals surface area contributed by atoms with Crippen LogP contribution in [0.3, 0.4) is 0 Å². The van der Waals surface area contributed by atoms with Crippen LogP contribution in [0.1, 0.15) is 12.8 Å². The maximum Gasteiger partial charge on any atom is 0.434 e. The molecule has 1 atom stereocenters. The van der Waals surface area contributed by atoms with Gasteiger partial charge in [-0.05, 0) is 17.8 Å². The lowest BCUT2D eigenvalue weighted by atomic mass is 10.2. The maximum absolute atomic E-state index is 10.5. The number of nitro groups is 1. The lowest BCUT2D eigenvalue weighted by molar-refractivity contribution is -0.396. The Hall–Kier alpha value is -1.47.